The van der Waals surface area contributed by atoms with Crippen LogP contribution in [0, 0.1) is 17.3 Å². The van der Waals surface area contributed by atoms with Gasteiger partial charge in [0.1, 0.15) is 0 Å². The number of thiophene rings is 1. The third kappa shape index (κ3) is 4.31. The van der Waals surface area contributed by atoms with E-state index in [1.54, 1.807) is 11.3 Å². The van der Waals surface area contributed by atoms with Crippen molar-refractivity contribution in [2.45, 2.75) is 52.5 Å². The molecular weight excluding hydrogens is 392 g/mol. The van der Waals surface area contributed by atoms with Gasteiger partial charge in [0.05, 0.1) is 5.41 Å². The van der Waals surface area contributed by atoms with Crippen molar-refractivity contribution in [3.63, 3.8) is 0 Å². The van der Waals surface area contributed by atoms with E-state index in [1.807, 2.05) is 18.7 Å². The van der Waals surface area contributed by atoms with Gasteiger partial charge in [-0.1, -0.05) is 37.3 Å². The topological polar surface area (TPSA) is 49.4 Å². The Balaban J connectivity index is 1.57. The highest BCUT2D eigenvalue weighted by molar-refractivity contribution is 7.13. The Labute approximate surface area is 183 Å². The Morgan fingerprint density at radius 3 is 2.47 bits per heavy atom. The lowest BCUT2D eigenvalue weighted by molar-refractivity contribution is -0.141. The number of likely N-dealkylation sites (tertiary alicyclic amines) is 1. The van der Waals surface area contributed by atoms with Crippen LogP contribution in [-0.2, 0) is 16.0 Å². The van der Waals surface area contributed by atoms with Crippen molar-refractivity contribution in [3.05, 3.63) is 47.3 Å². The van der Waals surface area contributed by atoms with E-state index < -0.39 is 5.41 Å². The van der Waals surface area contributed by atoms with E-state index in [0.29, 0.717) is 31.3 Å². The van der Waals surface area contributed by atoms with E-state index in [4.69, 9.17) is 0 Å². The van der Waals surface area contributed by atoms with Crippen molar-refractivity contribution >= 4 is 23.2 Å². The van der Waals surface area contributed by atoms with Crippen molar-refractivity contribution < 1.29 is 9.59 Å². The van der Waals surface area contributed by atoms with Gasteiger partial charge in [-0.2, -0.15) is 0 Å². The monoisotopic (exact) mass is 424 g/mol. The highest BCUT2D eigenvalue weighted by atomic mass is 32.1. The molecule has 30 heavy (non-hydrogen) atoms. The Hall–Kier alpha value is -2.14. The predicted octanol–water partition coefficient (Wildman–Crippen LogP) is 4.75. The van der Waals surface area contributed by atoms with Crippen LogP contribution in [0.2, 0.25) is 0 Å². The number of hydrogen-bond acceptors (Lipinski definition) is 3. The first-order valence-corrected chi connectivity index (χ1v) is 12.0. The molecular formula is C25H32N2O2S. The molecule has 2 heterocycles. The number of hydrogen-bond donors (Lipinski definition) is 1. The minimum absolute atomic E-state index is 0.105. The summed E-state index contributed by atoms with van der Waals surface area (Å²) in [7, 11) is 0. The number of nitrogens with zero attached hydrogens (tertiary/aromatic N) is 1. The summed E-state index contributed by atoms with van der Waals surface area (Å²) in [5, 5.41) is 5.27. The molecule has 1 saturated heterocycles. The zero-order chi connectivity index (χ0) is 21.3. The molecule has 1 aliphatic heterocycles. The molecule has 2 aromatic rings. The fraction of sp³-hybridized carbons (Fsp3) is 0.520. The molecule has 2 amide bonds. The second-order valence-electron chi connectivity index (χ2n) is 9.36. The molecule has 1 aromatic heterocycles. The zero-order valence-electron chi connectivity index (χ0n) is 18.2. The third-order valence-electron chi connectivity index (χ3n) is 6.69. The van der Waals surface area contributed by atoms with Gasteiger partial charge in [0.15, 0.2) is 0 Å². The molecule has 4 rings (SSSR count). The van der Waals surface area contributed by atoms with Crippen LogP contribution in [0.5, 0.6) is 0 Å². The van der Waals surface area contributed by atoms with E-state index in [-0.39, 0.29) is 17.9 Å². The summed E-state index contributed by atoms with van der Waals surface area (Å²) >= 11 is 1.73. The highest BCUT2D eigenvalue weighted by Gasteiger charge is 2.46. The lowest BCUT2D eigenvalue weighted by Gasteiger charge is -2.41. The van der Waals surface area contributed by atoms with Crippen molar-refractivity contribution in [2.24, 2.45) is 17.3 Å². The minimum Gasteiger partial charge on any atom is -0.353 e. The molecule has 2 aliphatic rings. The minimum atomic E-state index is -0.469. The quantitative estimate of drug-likeness (QED) is 0.728. The van der Waals surface area contributed by atoms with Gasteiger partial charge in [0, 0.05) is 29.9 Å². The number of carbonyl (C=O) groups is 2. The van der Waals surface area contributed by atoms with Gasteiger partial charge in [0.2, 0.25) is 11.8 Å². The molecule has 2 atom stereocenters. The normalized spacial score (nSPS) is 22.7. The first-order valence-electron chi connectivity index (χ1n) is 11.1. The van der Waals surface area contributed by atoms with Gasteiger partial charge in [0.25, 0.3) is 0 Å². The number of nitrogens with one attached hydrogen (secondary N) is 1. The smallest absolute Gasteiger partial charge is 0.226 e. The van der Waals surface area contributed by atoms with Crippen molar-refractivity contribution in [2.75, 3.05) is 13.1 Å². The van der Waals surface area contributed by atoms with E-state index >= 15 is 0 Å². The van der Waals surface area contributed by atoms with Gasteiger partial charge < -0.3 is 10.2 Å². The number of benzene rings is 1. The lowest BCUT2D eigenvalue weighted by atomic mass is 9.72. The SMILES string of the molecule is CC(C)NC(=O)C1(Cc2ccccc2-c2cccs2)CCN(C(=O)[C@@H]2C[C@H]2C)CC1. The van der Waals surface area contributed by atoms with E-state index in [0.717, 1.165) is 19.3 Å². The maximum absolute atomic E-state index is 13.4. The second-order valence-corrected chi connectivity index (χ2v) is 10.3. The average molecular weight is 425 g/mol. The predicted molar refractivity (Wildman–Crippen MR) is 122 cm³/mol. The van der Waals surface area contributed by atoms with Crippen LogP contribution >= 0.6 is 11.3 Å². The Morgan fingerprint density at radius 2 is 1.87 bits per heavy atom. The summed E-state index contributed by atoms with van der Waals surface area (Å²) in [5.41, 5.74) is 1.97. The lowest BCUT2D eigenvalue weighted by Crippen LogP contribution is -2.52. The number of amides is 2. The fourth-order valence-corrected chi connectivity index (χ4v) is 5.45. The summed E-state index contributed by atoms with van der Waals surface area (Å²) in [6.07, 6.45) is 3.17. The maximum atomic E-state index is 13.4. The Morgan fingerprint density at radius 1 is 1.17 bits per heavy atom. The Bertz CT molecular complexity index is 898. The first-order chi connectivity index (χ1) is 14.4. The summed E-state index contributed by atoms with van der Waals surface area (Å²) < 4.78 is 0. The standard InChI is InChI=1S/C25H32N2O2S/c1-17(2)26-24(29)25(10-12-27(13-11-25)23(28)21-15-18(21)3)16-19-7-4-5-8-20(19)22-9-6-14-30-22/h4-9,14,17-18,21H,10-13,15-16H2,1-3H3,(H,26,29)/t18-,21-/m1/s1. The third-order valence-corrected chi connectivity index (χ3v) is 7.60. The molecule has 0 bridgehead atoms. The molecule has 160 valence electrons. The largest absolute Gasteiger partial charge is 0.353 e. The summed E-state index contributed by atoms with van der Waals surface area (Å²) in [5.74, 6) is 1.15. The van der Waals surface area contributed by atoms with E-state index in [1.165, 1.54) is 16.0 Å². The fourth-order valence-electron chi connectivity index (χ4n) is 4.67. The molecule has 1 aromatic carbocycles. The van der Waals surface area contributed by atoms with Crippen LogP contribution in [0.1, 0.15) is 45.6 Å². The molecule has 1 N–H and O–H groups in total. The van der Waals surface area contributed by atoms with Gasteiger partial charge in [-0.25, -0.2) is 0 Å². The summed E-state index contributed by atoms with van der Waals surface area (Å²) in [4.78, 5) is 29.4. The highest BCUT2D eigenvalue weighted by Crippen LogP contribution is 2.43. The Kier molecular flexibility index (Phi) is 6.01. The van der Waals surface area contributed by atoms with Crippen LogP contribution in [0.15, 0.2) is 41.8 Å². The van der Waals surface area contributed by atoms with Gasteiger partial charge in [-0.05, 0) is 68.0 Å². The molecule has 0 unspecified atom stereocenters. The van der Waals surface area contributed by atoms with Crippen LogP contribution < -0.4 is 5.32 Å². The van der Waals surface area contributed by atoms with Crippen LogP contribution in [0.4, 0.5) is 0 Å². The van der Waals surface area contributed by atoms with Crippen LogP contribution in [0.25, 0.3) is 10.4 Å². The van der Waals surface area contributed by atoms with Gasteiger partial charge >= 0.3 is 0 Å². The molecule has 0 radical (unpaired) electrons. The molecule has 5 heteroatoms. The van der Waals surface area contributed by atoms with Gasteiger partial charge in [-0.15, -0.1) is 11.3 Å². The molecule has 0 spiro atoms. The van der Waals surface area contributed by atoms with E-state index in [2.05, 4.69) is 54.0 Å². The van der Waals surface area contributed by atoms with Crippen molar-refractivity contribution in [3.8, 4) is 10.4 Å². The molecule has 1 aliphatic carbocycles. The summed E-state index contributed by atoms with van der Waals surface area (Å²) in [6, 6.07) is 12.8. The second kappa shape index (κ2) is 8.54. The summed E-state index contributed by atoms with van der Waals surface area (Å²) in [6.45, 7) is 7.52. The van der Waals surface area contributed by atoms with Crippen LogP contribution in [0.3, 0.4) is 0 Å². The molecule has 1 saturated carbocycles. The maximum Gasteiger partial charge on any atom is 0.226 e. The number of rotatable bonds is 6. The average Bonchev–Trinajstić information content (AvgIpc) is 3.22. The van der Waals surface area contributed by atoms with Gasteiger partial charge in [-0.3, -0.25) is 9.59 Å². The molecule has 2 fully saturated rings. The molecule has 4 nitrogen and oxygen atoms in total. The zero-order valence-corrected chi connectivity index (χ0v) is 19.0. The first kappa shape index (κ1) is 21.1. The van der Waals surface area contributed by atoms with Crippen molar-refractivity contribution in [1.29, 1.82) is 0 Å². The van der Waals surface area contributed by atoms with E-state index in [9.17, 15) is 9.59 Å². The van der Waals surface area contributed by atoms with Crippen LogP contribution in [-0.4, -0.2) is 35.8 Å². The number of carbonyl (C=O) groups excluding carboxylic acids is 2. The number of piperidine rings is 1. The van der Waals surface area contributed by atoms with Crippen molar-refractivity contribution in [1.82, 2.24) is 10.2 Å².